The molecule has 12 heteroatoms. The van der Waals surface area contributed by atoms with E-state index in [4.69, 9.17) is 4.52 Å². The molecule has 27 heavy (non-hydrogen) atoms. The summed E-state index contributed by atoms with van der Waals surface area (Å²) in [6.07, 6.45) is -4.96. The van der Waals surface area contributed by atoms with Gasteiger partial charge in [-0.15, -0.1) is 0 Å². The summed E-state index contributed by atoms with van der Waals surface area (Å²) in [5.74, 6) is 0. The highest BCUT2D eigenvalue weighted by atomic mass is 31.2. The van der Waals surface area contributed by atoms with Crippen LogP contribution in [0.2, 0.25) is 0 Å². The molecule has 2 fully saturated rings. The van der Waals surface area contributed by atoms with Crippen molar-refractivity contribution in [2.45, 2.75) is 12.3 Å². The third-order valence-corrected chi connectivity index (χ3v) is 7.13. The van der Waals surface area contributed by atoms with Crippen LogP contribution in [0.4, 0.5) is 18.9 Å². The number of hydrogen-bond acceptors (Lipinski definition) is 5. The minimum absolute atomic E-state index is 0.0126. The molecule has 3 heterocycles. The van der Waals surface area contributed by atoms with E-state index in [1.165, 1.54) is 21.6 Å². The molecule has 0 spiro atoms. The monoisotopic (exact) mass is 402 g/mol. The van der Waals surface area contributed by atoms with Crippen molar-refractivity contribution >= 4 is 24.1 Å². The lowest BCUT2D eigenvalue weighted by atomic mass is 10.0. The maximum absolute atomic E-state index is 13.9. The summed E-state index contributed by atoms with van der Waals surface area (Å²) in [4.78, 5) is 14.3. The molecule has 144 valence electrons. The van der Waals surface area contributed by atoms with Gasteiger partial charge in [0.2, 0.25) is 0 Å². The van der Waals surface area contributed by atoms with Gasteiger partial charge in [0.15, 0.2) is 6.10 Å². The van der Waals surface area contributed by atoms with Gasteiger partial charge in [-0.1, -0.05) is 0 Å². The van der Waals surface area contributed by atoms with E-state index in [0.29, 0.717) is 26.2 Å². The Bertz CT molecular complexity index is 946. The van der Waals surface area contributed by atoms with Crippen molar-refractivity contribution in [3.05, 3.63) is 46.3 Å². The summed E-state index contributed by atoms with van der Waals surface area (Å²) >= 11 is 0. The molecule has 0 saturated carbocycles. The van der Waals surface area contributed by atoms with Crippen molar-refractivity contribution in [1.82, 2.24) is 14.3 Å². The number of benzene rings is 1. The fourth-order valence-corrected chi connectivity index (χ4v) is 5.24. The van der Waals surface area contributed by atoms with E-state index in [1.807, 2.05) is 0 Å². The summed E-state index contributed by atoms with van der Waals surface area (Å²) in [6.45, 7) is 1.61. The molecule has 0 aliphatic carbocycles. The Hall–Kier alpha value is -2.07. The molecule has 4 rings (SSSR count). The Balaban J connectivity index is 1.83. The number of nitro benzene ring substituents is 1. The summed E-state index contributed by atoms with van der Waals surface area (Å²) in [6, 6.07) is 3.27. The minimum Gasteiger partial charge on any atom is -0.288 e. The smallest absolute Gasteiger partial charge is 0.288 e. The third kappa shape index (κ3) is 3.31. The molecule has 2 aromatic rings. The quantitative estimate of drug-likeness (QED) is 0.316. The van der Waals surface area contributed by atoms with Crippen LogP contribution in [0.1, 0.15) is 11.7 Å². The number of non-ortho nitro benzene ring substituents is 1. The van der Waals surface area contributed by atoms with Gasteiger partial charge in [-0.3, -0.25) is 24.2 Å². The topological polar surface area (TPSA) is 88.4 Å². The van der Waals surface area contributed by atoms with Crippen molar-refractivity contribution in [3.63, 3.8) is 0 Å². The molecular weight excluding hydrogens is 388 g/mol. The number of hydrogen-bond donors (Lipinski definition) is 0. The summed E-state index contributed by atoms with van der Waals surface area (Å²) in [5.41, 5.74) is -0.683. The molecule has 1 aromatic carbocycles. The van der Waals surface area contributed by atoms with Gasteiger partial charge >= 0.3 is 13.8 Å². The number of nitrogens with zero attached hydrogens (tertiary/aromatic N) is 4. The molecule has 0 radical (unpaired) electrons. The molecular formula is C15H14F3N4O4P. The van der Waals surface area contributed by atoms with Gasteiger partial charge in [-0.05, 0) is 12.1 Å². The Morgan fingerprint density at radius 3 is 2.30 bits per heavy atom. The molecule has 0 bridgehead atoms. The number of halogens is 3. The first-order valence-electron chi connectivity index (χ1n) is 8.09. The lowest BCUT2D eigenvalue weighted by Gasteiger charge is -2.28. The molecule has 2 aliphatic rings. The number of fused-ring (bicyclic) bond motifs is 1. The van der Waals surface area contributed by atoms with Gasteiger partial charge in [0.1, 0.15) is 0 Å². The van der Waals surface area contributed by atoms with Crippen molar-refractivity contribution in [1.29, 1.82) is 0 Å². The predicted octanol–water partition coefficient (Wildman–Crippen LogP) is 3.50. The molecule has 2 saturated heterocycles. The Labute approximate surface area is 151 Å². The Kier molecular flexibility index (Phi) is 4.22. The maximum Gasteiger partial charge on any atom is 0.419 e. The second-order valence-electron chi connectivity index (χ2n) is 6.28. The van der Waals surface area contributed by atoms with Crippen molar-refractivity contribution in [2.24, 2.45) is 0 Å². The molecule has 8 nitrogen and oxygen atoms in total. The van der Waals surface area contributed by atoms with E-state index >= 15 is 0 Å². The van der Waals surface area contributed by atoms with E-state index in [-0.39, 0.29) is 22.0 Å². The SMILES string of the molecule is O=[N+]([O-])c1ccc(C(OP(=O)(N2CC2)N2CC2)C(F)(F)F)c2cnccc12. The van der Waals surface area contributed by atoms with E-state index in [9.17, 15) is 27.9 Å². The van der Waals surface area contributed by atoms with E-state index in [2.05, 4.69) is 4.98 Å². The fourth-order valence-electron chi connectivity index (χ4n) is 2.92. The van der Waals surface area contributed by atoms with Gasteiger partial charge in [0.05, 0.1) is 10.3 Å². The predicted molar refractivity (Wildman–Crippen MR) is 89.0 cm³/mol. The van der Waals surface area contributed by atoms with Crippen molar-refractivity contribution in [2.75, 3.05) is 26.2 Å². The number of rotatable bonds is 6. The number of nitro groups is 1. The first kappa shape index (κ1) is 18.3. The van der Waals surface area contributed by atoms with Gasteiger partial charge < -0.3 is 0 Å². The van der Waals surface area contributed by atoms with Crippen LogP contribution in [-0.2, 0) is 9.09 Å². The Morgan fingerprint density at radius 2 is 1.78 bits per heavy atom. The van der Waals surface area contributed by atoms with E-state index in [0.717, 1.165) is 18.3 Å². The highest BCUT2D eigenvalue weighted by Gasteiger charge is 2.55. The van der Waals surface area contributed by atoms with Gasteiger partial charge in [0, 0.05) is 55.6 Å². The van der Waals surface area contributed by atoms with Crippen molar-refractivity contribution < 1.29 is 27.2 Å². The van der Waals surface area contributed by atoms with Gasteiger partial charge in [-0.25, -0.2) is 9.34 Å². The zero-order valence-corrected chi connectivity index (χ0v) is 14.7. The van der Waals surface area contributed by atoms with Gasteiger partial charge in [-0.2, -0.15) is 13.2 Å². The van der Waals surface area contributed by atoms with Crippen molar-refractivity contribution in [3.8, 4) is 0 Å². The zero-order chi connectivity index (χ0) is 19.4. The molecule has 2 aliphatic heterocycles. The fraction of sp³-hybridized carbons (Fsp3) is 0.400. The molecule has 0 N–H and O–H groups in total. The van der Waals surface area contributed by atoms with Crippen LogP contribution in [0.25, 0.3) is 10.8 Å². The van der Waals surface area contributed by atoms with Crippen LogP contribution in [0.5, 0.6) is 0 Å². The molecule has 1 atom stereocenters. The lowest BCUT2D eigenvalue weighted by Crippen LogP contribution is -2.25. The number of pyridine rings is 1. The highest BCUT2D eigenvalue weighted by molar-refractivity contribution is 7.54. The summed E-state index contributed by atoms with van der Waals surface area (Å²) in [5, 5.41) is 11.1. The standard InChI is InChI=1S/C15H14F3N4O4P/c16-15(17,18)14(26-27(25,20-5-6-20)21-7-8-21)11-1-2-13(22(23)24)10-3-4-19-9-12(10)11/h1-4,9,14H,5-8H2. The minimum atomic E-state index is -4.86. The lowest BCUT2D eigenvalue weighted by molar-refractivity contribution is -0.383. The second-order valence-corrected chi connectivity index (χ2v) is 8.60. The second kappa shape index (κ2) is 6.23. The maximum atomic E-state index is 13.9. The van der Waals surface area contributed by atoms with Crippen LogP contribution in [0.15, 0.2) is 30.6 Å². The first-order valence-corrected chi connectivity index (χ1v) is 9.62. The van der Waals surface area contributed by atoms with Crippen LogP contribution in [0.3, 0.4) is 0 Å². The average molecular weight is 402 g/mol. The molecule has 0 amide bonds. The summed E-state index contributed by atoms with van der Waals surface area (Å²) < 4.78 is 62.6. The molecule has 1 unspecified atom stereocenters. The van der Waals surface area contributed by atoms with Crippen LogP contribution < -0.4 is 0 Å². The van der Waals surface area contributed by atoms with E-state index in [1.54, 1.807) is 0 Å². The number of alkyl halides is 3. The average Bonchev–Trinajstić information content (AvgIpc) is 3.48. The van der Waals surface area contributed by atoms with Crippen LogP contribution >= 0.6 is 7.67 Å². The summed E-state index contributed by atoms with van der Waals surface area (Å²) in [7, 11) is -3.78. The first-order chi connectivity index (χ1) is 12.7. The van der Waals surface area contributed by atoms with Crippen LogP contribution in [0, 0.1) is 10.1 Å². The number of aromatic nitrogens is 1. The third-order valence-electron chi connectivity index (χ3n) is 4.41. The highest BCUT2D eigenvalue weighted by Crippen LogP contribution is 2.65. The normalized spacial score (nSPS) is 19.2. The zero-order valence-electron chi connectivity index (χ0n) is 13.8. The van der Waals surface area contributed by atoms with Gasteiger partial charge in [0.25, 0.3) is 5.69 Å². The van der Waals surface area contributed by atoms with E-state index < -0.39 is 24.9 Å². The molecule has 1 aromatic heterocycles. The Morgan fingerprint density at radius 1 is 1.15 bits per heavy atom. The largest absolute Gasteiger partial charge is 0.419 e. The van der Waals surface area contributed by atoms with Crippen LogP contribution in [-0.4, -0.2) is 51.6 Å².